The van der Waals surface area contributed by atoms with Crippen LogP contribution in [-0.2, 0) is 9.53 Å². The largest absolute Gasteiger partial charge is 0.481 e. The Morgan fingerprint density at radius 2 is 1.88 bits per heavy atom. The summed E-state index contributed by atoms with van der Waals surface area (Å²) in [6.45, 7) is 2.21. The summed E-state index contributed by atoms with van der Waals surface area (Å²) in [6, 6.07) is 0. The first kappa shape index (κ1) is 20.7. The molecule has 1 fully saturated rings. The second-order valence-electron chi connectivity index (χ2n) is 6.29. The van der Waals surface area contributed by atoms with Gasteiger partial charge >= 0.3 is 5.97 Å². The van der Waals surface area contributed by atoms with E-state index in [1.165, 1.54) is 19.3 Å². The molecular formula is C20H32O4. The van der Waals surface area contributed by atoms with Crippen LogP contribution in [0.5, 0.6) is 0 Å². The van der Waals surface area contributed by atoms with Gasteiger partial charge in [0, 0.05) is 6.42 Å². The summed E-state index contributed by atoms with van der Waals surface area (Å²) < 4.78 is 5.55. The van der Waals surface area contributed by atoms with E-state index in [0.29, 0.717) is 12.8 Å². The van der Waals surface area contributed by atoms with Crippen LogP contribution in [-0.4, -0.2) is 34.5 Å². The zero-order chi connectivity index (χ0) is 17.6. The van der Waals surface area contributed by atoms with Gasteiger partial charge in [-0.15, -0.1) is 0 Å². The molecule has 0 aliphatic carbocycles. The molecule has 0 bridgehead atoms. The van der Waals surface area contributed by atoms with Gasteiger partial charge in [-0.1, -0.05) is 56.2 Å². The minimum absolute atomic E-state index is 0.138. The fourth-order valence-corrected chi connectivity index (χ4v) is 2.42. The number of aliphatic hydroxyl groups is 1. The minimum atomic E-state index is -0.763. The van der Waals surface area contributed by atoms with Gasteiger partial charge < -0.3 is 14.9 Å². The van der Waals surface area contributed by atoms with E-state index in [-0.39, 0.29) is 18.6 Å². The molecule has 3 atom stereocenters. The van der Waals surface area contributed by atoms with Gasteiger partial charge in [0.15, 0.2) is 0 Å². The lowest BCUT2D eigenvalue weighted by Gasteiger charge is -1.99. The van der Waals surface area contributed by atoms with E-state index >= 15 is 0 Å². The van der Waals surface area contributed by atoms with Crippen LogP contribution < -0.4 is 0 Å². The summed E-state index contributed by atoms with van der Waals surface area (Å²) in [7, 11) is 0. The number of epoxide rings is 1. The molecule has 136 valence electrons. The molecule has 1 rings (SSSR count). The fourth-order valence-electron chi connectivity index (χ4n) is 2.42. The molecule has 0 aromatic rings. The van der Waals surface area contributed by atoms with Crippen molar-refractivity contribution in [2.24, 2.45) is 0 Å². The molecule has 1 aliphatic heterocycles. The Labute approximate surface area is 145 Å². The monoisotopic (exact) mass is 336 g/mol. The molecule has 1 aliphatic rings. The van der Waals surface area contributed by atoms with Gasteiger partial charge in [0.1, 0.15) is 6.10 Å². The number of aliphatic carboxylic acids is 1. The SMILES string of the molecule is CCCCC/C=C\C[C@@H]1O[C@H]1/C=C/[C@H](O)C/C=C\CCCC(=O)O. The summed E-state index contributed by atoms with van der Waals surface area (Å²) >= 11 is 0. The molecule has 0 aromatic heterocycles. The Balaban J connectivity index is 2.04. The van der Waals surface area contributed by atoms with Crippen molar-refractivity contribution in [1.29, 1.82) is 0 Å². The first-order valence-electron chi connectivity index (χ1n) is 9.17. The molecule has 2 N–H and O–H groups in total. The van der Waals surface area contributed by atoms with Gasteiger partial charge in [-0.2, -0.15) is 0 Å². The molecular weight excluding hydrogens is 304 g/mol. The lowest BCUT2D eigenvalue weighted by molar-refractivity contribution is -0.137. The highest BCUT2D eigenvalue weighted by Crippen LogP contribution is 2.27. The lowest BCUT2D eigenvalue weighted by Crippen LogP contribution is -2.00. The van der Waals surface area contributed by atoms with E-state index in [9.17, 15) is 9.90 Å². The molecule has 0 spiro atoms. The number of hydrogen-bond acceptors (Lipinski definition) is 3. The summed E-state index contributed by atoms with van der Waals surface area (Å²) in [6.07, 6.45) is 19.9. The normalized spacial score (nSPS) is 21.9. The number of unbranched alkanes of at least 4 members (excludes halogenated alkanes) is 4. The Morgan fingerprint density at radius 3 is 2.62 bits per heavy atom. The lowest BCUT2D eigenvalue weighted by atomic mass is 10.1. The van der Waals surface area contributed by atoms with Crippen LogP contribution in [0.3, 0.4) is 0 Å². The van der Waals surface area contributed by atoms with Crippen LogP contribution in [0, 0.1) is 0 Å². The number of carboxylic acids is 1. The number of ether oxygens (including phenoxy) is 1. The molecule has 1 heterocycles. The molecule has 4 nitrogen and oxygen atoms in total. The maximum atomic E-state index is 10.4. The van der Waals surface area contributed by atoms with Crippen molar-refractivity contribution >= 4 is 5.97 Å². The third kappa shape index (κ3) is 11.2. The predicted octanol–water partition coefficient (Wildman–Crippen LogP) is 4.40. The molecule has 4 heteroatoms. The maximum absolute atomic E-state index is 10.4. The highest BCUT2D eigenvalue weighted by atomic mass is 16.6. The molecule has 24 heavy (non-hydrogen) atoms. The molecule has 0 aromatic carbocycles. The van der Waals surface area contributed by atoms with Crippen LogP contribution in [0.4, 0.5) is 0 Å². The molecule has 0 radical (unpaired) electrons. The van der Waals surface area contributed by atoms with E-state index in [2.05, 4.69) is 19.1 Å². The Bertz CT molecular complexity index is 425. The van der Waals surface area contributed by atoms with Gasteiger partial charge in [0.2, 0.25) is 0 Å². The van der Waals surface area contributed by atoms with Crippen molar-refractivity contribution in [3.8, 4) is 0 Å². The molecule has 1 saturated heterocycles. The topological polar surface area (TPSA) is 70.1 Å². The Hall–Kier alpha value is -1.39. The number of carbonyl (C=O) groups is 1. The quantitative estimate of drug-likeness (QED) is 0.280. The second kappa shape index (κ2) is 13.0. The maximum Gasteiger partial charge on any atom is 0.303 e. The number of carboxylic acid groups (broad SMARTS) is 1. The summed E-state index contributed by atoms with van der Waals surface area (Å²) in [5, 5.41) is 18.4. The zero-order valence-corrected chi connectivity index (χ0v) is 14.8. The van der Waals surface area contributed by atoms with Crippen molar-refractivity contribution in [3.05, 3.63) is 36.5 Å². The van der Waals surface area contributed by atoms with Crippen molar-refractivity contribution in [2.45, 2.75) is 83.0 Å². The average Bonchev–Trinajstić information content (AvgIpc) is 3.30. The molecule has 0 saturated carbocycles. The Morgan fingerprint density at radius 1 is 1.12 bits per heavy atom. The fraction of sp³-hybridized carbons (Fsp3) is 0.650. The molecule has 0 unspecified atom stereocenters. The van der Waals surface area contributed by atoms with Gasteiger partial charge in [-0.05, 0) is 38.5 Å². The smallest absolute Gasteiger partial charge is 0.303 e. The minimum Gasteiger partial charge on any atom is -0.481 e. The van der Waals surface area contributed by atoms with E-state index in [1.807, 2.05) is 18.2 Å². The summed E-state index contributed by atoms with van der Waals surface area (Å²) in [5.74, 6) is -0.763. The van der Waals surface area contributed by atoms with Gasteiger partial charge in [-0.3, -0.25) is 4.79 Å². The number of allylic oxidation sites excluding steroid dienone is 2. The van der Waals surface area contributed by atoms with E-state index < -0.39 is 12.1 Å². The second-order valence-corrected chi connectivity index (χ2v) is 6.29. The predicted molar refractivity (Wildman–Crippen MR) is 97.0 cm³/mol. The highest BCUT2D eigenvalue weighted by molar-refractivity contribution is 5.66. The van der Waals surface area contributed by atoms with Crippen LogP contribution in [0.15, 0.2) is 36.5 Å². The first-order valence-corrected chi connectivity index (χ1v) is 9.17. The third-order valence-corrected chi connectivity index (χ3v) is 3.96. The highest BCUT2D eigenvalue weighted by Gasteiger charge is 2.34. The van der Waals surface area contributed by atoms with Crippen molar-refractivity contribution in [1.82, 2.24) is 0 Å². The summed E-state index contributed by atoms with van der Waals surface area (Å²) in [4.78, 5) is 10.4. The molecule has 0 amide bonds. The number of hydrogen-bond donors (Lipinski definition) is 2. The van der Waals surface area contributed by atoms with E-state index in [4.69, 9.17) is 9.84 Å². The van der Waals surface area contributed by atoms with Crippen molar-refractivity contribution in [3.63, 3.8) is 0 Å². The van der Waals surface area contributed by atoms with Crippen LogP contribution in [0.25, 0.3) is 0 Å². The van der Waals surface area contributed by atoms with Crippen LogP contribution in [0.2, 0.25) is 0 Å². The standard InChI is InChI=1S/C20H32O4/c1-2-3-4-5-6-10-13-18-19(24-18)16-15-17(21)12-9-7-8-11-14-20(22)23/h6-7,9-10,15-19,21H,2-5,8,11-14H2,1H3,(H,22,23)/b9-7-,10-6-,16-15+/t17-,18+,19+/m1/s1. The van der Waals surface area contributed by atoms with Crippen molar-refractivity contribution < 1.29 is 19.7 Å². The number of rotatable bonds is 14. The first-order chi connectivity index (χ1) is 11.6. The van der Waals surface area contributed by atoms with E-state index in [1.54, 1.807) is 6.08 Å². The van der Waals surface area contributed by atoms with Gasteiger partial charge in [-0.25, -0.2) is 0 Å². The van der Waals surface area contributed by atoms with Crippen LogP contribution in [0.1, 0.15) is 64.7 Å². The zero-order valence-electron chi connectivity index (χ0n) is 14.8. The number of aliphatic hydroxyl groups excluding tert-OH is 1. The van der Waals surface area contributed by atoms with E-state index in [0.717, 1.165) is 19.3 Å². The Kier molecular flexibility index (Phi) is 11.2. The summed E-state index contributed by atoms with van der Waals surface area (Å²) in [5.41, 5.74) is 0. The van der Waals surface area contributed by atoms with Crippen molar-refractivity contribution in [2.75, 3.05) is 0 Å². The van der Waals surface area contributed by atoms with Gasteiger partial charge in [0.25, 0.3) is 0 Å². The third-order valence-electron chi connectivity index (χ3n) is 3.96. The van der Waals surface area contributed by atoms with Gasteiger partial charge in [0.05, 0.1) is 12.2 Å². The van der Waals surface area contributed by atoms with Crippen LogP contribution >= 0.6 is 0 Å². The average molecular weight is 336 g/mol.